The lowest BCUT2D eigenvalue weighted by atomic mass is 10.0. The van der Waals surface area contributed by atoms with Gasteiger partial charge in [0.1, 0.15) is 0 Å². The molecule has 1 atom stereocenters. The minimum Gasteiger partial charge on any atom is -0.493 e. The van der Waals surface area contributed by atoms with Crippen LogP contribution < -0.4 is 9.47 Å². The van der Waals surface area contributed by atoms with Crippen LogP contribution in [0.2, 0.25) is 0 Å². The van der Waals surface area contributed by atoms with Crippen LogP contribution in [0.5, 0.6) is 11.5 Å². The molecule has 0 saturated carbocycles. The van der Waals surface area contributed by atoms with Gasteiger partial charge >= 0.3 is 0 Å². The van der Waals surface area contributed by atoms with E-state index in [1.165, 1.54) is 13.3 Å². The molecule has 0 saturated heterocycles. The van der Waals surface area contributed by atoms with Crippen LogP contribution in [0, 0.1) is 0 Å². The van der Waals surface area contributed by atoms with E-state index in [1.54, 1.807) is 13.2 Å². The fraction of sp³-hybridized carbons (Fsp3) is 0.292. The van der Waals surface area contributed by atoms with Gasteiger partial charge in [-0.3, -0.25) is 4.98 Å². The van der Waals surface area contributed by atoms with Crippen LogP contribution in [-0.4, -0.2) is 42.6 Å². The van der Waals surface area contributed by atoms with Crippen molar-refractivity contribution in [1.29, 1.82) is 0 Å². The van der Waals surface area contributed by atoms with Crippen molar-refractivity contribution in [1.82, 2.24) is 4.98 Å². The molecule has 3 aromatic rings. The summed E-state index contributed by atoms with van der Waals surface area (Å²) in [5.74, 6) is 1.01. The number of rotatable bonds is 10. The standard InChI is InChI=1S/C24H27NO5/c1-28-22-15-21(24(27)29-2)25-16-23(22)30-13-11-17-6-8-19(9-7-17)20-5-3-4-18(14-20)10-12-26/h3-9,14-16,24,26-27H,10-13H2,1-2H3. The van der Waals surface area contributed by atoms with Crippen LogP contribution in [0.3, 0.4) is 0 Å². The average Bonchev–Trinajstić information content (AvgIpc) is 2.79. The van der Waals surface area contributed by atoms with E-state index in [1.807, 2.05) is 12.1 Å². The predicted molar refractivity (Wildman–Crippen MR) is 115 cm³/mol. The molecular formula is C24H27NO5. The van der Waals surface area contributed by atoms with Crippen molar-refractivity contribution < 1.29 is 24.4 Å². The number of ether oxygens (including phenoxy) is 3. The second-order valence-corrected chi connectivity index (χ2v) is 6.82. The molecule has 0 fully saturated rings. The van der Waals surface area contributed by atoms with Crippen molar-refractivity contribution in [3.05, 3.63) is 77.6 Å². The second-order valence-electron chi connectivity index (χ2n) is 6.82. The van der Waals surface area contributed by atoms with Crippen molar-refractivity contribution in [3.8, 4) is 22.6 Å². The molecule has 6 heteroatoms. The van der Waals surface area contributed by atoms with E-state index < -0.39 is 6.29 Å². The number of methoxy groups -OCH3 is 2. The van der Waals surface area contributed by atoms with Gasteiger partial charge in [0.15, 0.2) is 17.8 Å². The molecule has 30 heavy (non-hydrogen) atoms. The van der Waals surface area contributed by atoms with Crippen molar-refractivity contribution in [2.75, 3.05) is 27.4 Å². The molecule has 1 unspecified atom stereocenters. The Morgan fingerprint density at radius 1 is 0.900 bits per heavy atom. The fourth-order valence-electron chi connectivity index (χ4n) is 3.14. The van der Waals surface area contributed by atoms with E-state index in [-0.39, 0.29) is 6.61 Å². The number of aromatic nitrogens is 1. The number of hydrogen-bond acceptors (Lipinski definition) is 6. The summed E-state index contributed by atoms with van der Waals surface area (Å²) in [7, 11) is 2.94. The van der Waals surface area contributed by atoms with Crippen LogP contribution in [0.25, 0.3) is 11.1 Å². The monoisotopic (exact) mass is 409 g/mol. The lowest BCUT2D eigenvalue weighted by Gasteiger charge is -2.13. The summed E-state index contributed by atoms with van der Waals surface area (Å²) in [6.45, 7) is 0.619. The number of benzene rings is 2. The zero-order valence-corrected chi connectivity index (χ0v) is 17.2. The van der Waals surface area contributed by atoms with Crippen LogP contribution in [0.15, 0.2) is 60.8 Å². The van der Waals surface area contributed by atoms with Gasteiger partial charge in [0.2, 0.25) is 0 Å². The maximum Gasteiger partial charge on any atom is 0.198 e. The van der Waals surface area contributed by atoms with Gasteiger partial charge in [-0.2, -0.15) is 0 Å². The Labute approximate surface area is 176 Å². The molecule has 6 nitrogen and oxygen atoms in total. The quantitative estimate of drug-likeness (QED) is 0.499. The topological polar surface area (TPSA) is 81.0 Å². The molecule has 3 rings (SSSR count). The third-order valence-corrected chi connectivity index (χ3v) is 4.81. The third-order valence-electron chi connectivity index (χ3n) is 4.81. The lowest BCUT2D eigenvalue weighted by molar-refractivity contribution is -0.0800. The first-order valence-electron chi connectivity index (χ1n) is 9.81. The summed E-state index contributed by atoms with van der Waals surface area (Å²) in [6, 6.07) is 18.2. The van der Waals surface area contributed by atoms with Gasteiger partial charge in [0, 0.05) is 26.2 Å². The Morgan fingerprint density at radius 3 is 2.40 bits per heavy atom. The summed E-state index contributed by atoms with van der Waals surface area (Å²) < 4.78 is 16.0. The van der Waals surface area contributed by atoms with Gasteiger partial charge < -0.3 is 24.4 Å². The minimum atomic E-state index is -1.10. The maximum atomic E-state index is 9.72. The molecule has 0 amide bonds. The average molecular weight is 409 g/mol. The zero-order valence-electron chi connectivity index (χ0n) is 17.2. The molecule has 1 heterocycles. The first-order chi connectivity index (χ1) is 14.6. The number of hydrogen-bond donors (Lipinski definition) is 2. The number of aliphatic hydroxyl groups excluding tert-OH is 2. The molecule has 2 N–H and O–H groups in total. The zero-order chi connectivity index (χ0) is 21.3. The minimum absolute atomic E-state index is 0.151. The Kier molecular flexibility index (Phi) is 7.79. The van der Waals surface area contributed by atoms with Crippen LogP contribution in [0.1, 0.15) is 23.1 Å². The van der Waals surface area contributed by atoms with Crippen LogP contribution in [0.4, 0.5) is 0 Å². The summed E-state index contributed by atoms with van der Waals surface area (Å²) in [5.41, 5.74) is 4.92. The van der Waals surface area contributed by atoms with Crippen molar-refractivity contribution in [3.63, 3.8) is 0 Å². The molecule has 2 aromatic carbocycles. The highest BCUT2D eigenvalue weighted by Gasteiger charge is 2.13. The van der Waals surface area contributed by atoms with Crippen LogP contribution in [-0.2, 0) is 17.6 Å². The van der Waals surface area contributed by atoms with E-state index in [2.05, 4.69) is 41.4 Å². The van der Waals surface area contributed by atoms with Gasteiger partial charge in [-0.1, -0.05) is 48.5 Å². The van der Waals surface area contributed by atoms with Crippen molar-refractivity contribution in [2.45, 2.75) is 19.1 Å². The Balaban J connectivity index is 1.60. The Bertz CT molecular complexity index is 943. The smallest absolute Gasteiger partial charge is 0.198 e. The molecule has 0 radical (unpaired) electrons. The molecule has 0 aliphatic rings. The fourth-order valence-corrected chi connectivity index (χ4v) is 3.14. The van der Waals surface area contributed by atoms with Gasteiger partial charge in [-0.05, 0) is 28.7 Å². The molecule has 0 spiro atoms. The molecular weight excluding hydrogens is 382 g/mol. The van der Waals surface area contributed by atoms with Gasteiger partial charge in [-0.15, -0.1) is 0 Å². The van der Waals surface area contributed by atoms with E-state index >= 15 is 0 Å². The summed E-state index contributed by atoms with van der Waals surface area (Å²) in [4.78, 5) is 4.15. The highest BCUT2D eigenvalue weighted by Crippen LogP contribution is 2.29. The number of pyridine rings is 1. The summed E-state index contributed by atoms with van der Waals surface area (Å²) >= 11 is 0. The van der Waals surface area contributed by atoms with Crippen LogP contribution >= 0.6 is 0 Å². The van der Waals surface area contributed by atoms with E-state index in [0.29, 0.717) is 30.2 Å². The largest absolute Gasteiger partial charge is 0.493 e. The molecule has 0 bridgehead atoms. The number of nitrogens with zero attached hydrogens (tertiary/aromatic N) is 1. The molecule has 0 aliphatic heterocycles. The van der Waals surface area contributed by atoms with E-state index in [9.17, 15) is 5.11 Å². The molecule has 0 aliphatic carbocycles. The van der Waals surface area contributed by atoms with Gasteiger partial charge in [0.05, 0.1) is 25.6 Å². The van der Waals surface area contributed by atoms with Gasteiger partial charge in [-0.25, -0.2) is 0 Å². The van der Waals surface area contributed by atoms with E-state index in [4.69, 9.17) is 19.3 Å². The van der Waals surface area contributed by atoms with Crippen molar-refractivity contribution >= 4 is 0 Å². The summed E-state index contributed by atoms with van der Waals surface area (Å²) in [5, 5.41) is 18.8. The number of aliphatic hydroxyl groups is 2. The Morgan fingerprint density at radius 2 is 1.70 bits per heavy atom. The normalized spacial score (nSPS) is 11.9. The predicted octanol–water partition coefficient (Wildman–Crippen LogP) is 3.55. The third kappa shape index (κ3) is 5.57. The Hall–Kier alpha value is -2.93. The second kappa shape index (κ2) is 10.7. The lowest BCUT2D eigenvalue weighted by Crippen LogP contribution is -2.06. The first kappa shape index (κ1) is 21.8. The summed E-state index contributed by atoms with van der Waals surface area (Å²) in [6.07, 6.45) is 1.82. The van der Waals surface area contributed by atoms with Crippen molar-refractivity contribution in [2.24, 2.45) is 0 Å². The molecule has 1 aromatic heterocycles. The molecule has 158 valence electrons. The maximum absolute atomic E-state index is 9.72. The first-order valence-corrected chi connectivity index (χ1v) is 9.81. The van der Waals surface area contributed by atoms with Gasteiger partial charge in [0.25, 0.3) is 0 Å². The highest BCUT2D eigenvalue weighted by atomic mass is 16.6. The SMILES string of the molecule is COc1cc(C(O)OC)ncc1OCCc1ccc(-c2cccc(CCO)c2)cc1. The van der Waals surface area contributed by atoms with E-state index in [0.717, 1.165) is 28.7 Å². The highest BCUT2D eigenvalue weighted by molar-refractivity contribution is 5.64.